The second-order valence-electron chi connectivity index (χ2n) is 10.6. The summed E-state index contributed by atoms with van der Waals surface area (Å²) in [6.07, 6.45) is 2.01. The van der Waals surface area contributed by atoms with Gasteiger partial charge in [-0.2, -0.15) is 0 Å². The predicted molar refractivity (Wildman–Crippen MR) is 234 cm³/mol. The van der Waals surface area contributed by atoms with E-state index in [-0.39, 0.29) is 49.1 Å². The largest absolute Gasteiger partial charge is 0.488 e. The van der Waals surface area contributed by atoms with Crippen LogP contribution < -0.4 is 18.9 Å². The van der Waals surface area contributed by atoms with Gasteiger partial charge in [-0.15, -0.1) is 0 Å². The van der Waals surface area contributed by atoms with Crippen molar-refractivity contribution in [1.29, 1.82) is 0 Å². The number of rotatable bonds is 20. The third-order valence-corrected chi connectivity index (χ3v) is 11.5. The standard InChI is InChI=1S/C38H30I4O14/c1-5-31(43)51-19-23(53-33(45)7-3)17-49-27-11-9-21(15-25(27)39)37(47)55-29-13-14-30(36(42)35(29)41)56-38(48)22-10-12-28(26(40)16-22)50-18-24(54-34(46)8-4)20-52-32(44)6-2/h5-16,23-24H,1-4,17-20H2. The number of hydrogen-bond donors (Lipinski definition) is 0. The number of halogens is 4. The molecule has 2 unspecified atom stereocenters. The minimum absolute atomic E-state index is 0.161. The quantitative estimate of drug-likeness (QED) is 0.0373. The van der Waals surface area contributed by atoms with Crippen LogP contribution in [0, 0.1) is 14.3 Å². The molecule has 0 amide bonds. The van der Waals surface area contributed by atoms with Gasteiger partial charge in [0.1, 0.15) is 49.4 Å². The van der Waals surface area contributed by atoms with E-state index in [1.165, 1.54) is 24.3 Å². The first-order valence-electron chi connectivity index (χ1n) is 15.7. The molecule has 0 saturated heterocycles. The molecule has 294 valence electrons. The fourth-order valence-electron chi connectivity index (χ4n) is 3.97. The van der Waals surface area contributed by atoms with E-state index in [2.05, 4.69) is 26.3 Å². The molecular formula is C38H30I4O14. The summed E-state index contributed by atoms with van der Waals surface area (Å²) >= 11 is 7.90. The Morgan fingerprint density at radius 3 is 1.16 bits per heavy atom. The lowest BCUT2D eigenvalue weighted by Crippen LogP contribution is -2.30. The molecule has 0 saturated carbocycles. The lowest BCUT2D eigenvalue weighted by molar-refractivity contribution is -0.154. The molecule has 3 aromatic carbocycles. The first-order valence-corrected chi connectivity index (χ1v) is 20.0. The summed E-state index contributed by atoms with van der Waals surface area (Å²) in [4.78, 5) is 72.6. The van der Waals surface area contributed by atoms with E-state index in [0.717, 1.165) is 24.3 Å². The molecule has 0 bridgehead atoms. The SMILES string of the molecule is C=CC(=O)OCC(COc1ccc(C(=O)Oc2ccc(OC(=O)c3ccc(OCC(COC(=O)C=C)OC(=O)C=C)c(I)c3)c(I)c2I)cc1I)OC(=O)C=C. The Bertz CT molecular complexity index is 1890. The van der Waals surface area contributed by atoms with Crippen LogP contribution in [0.5, 0.6) is 23.0 Å². The summed E-state index contributed by atoms with van der Waals surface area (Å²) in [6.45, 7) is 12.5. The molecule has 0 fully saturated rings. The summed E-state index contributed by atoms with van der Waals surface area (Å²) < 4.78 is 45.3. The number of benzene rings is 3. The van der Waals surface area contributed by atoms with Crippen LogP contribution in [0.15, 0.2) is 99.2 Å². The van der Waals surface area contributed by atoms with Crippen molar-refractivity contribution in [3.8, 4) is 23.0 Å². The molecule has 0 aliphatic carbocycles. The second-order valence-corrected chi connectivity index (χ2v) is 15.1. The molecule has 0 aliphatic heterocycles. The highest BCUT2D eigenvalue weighted by Gasteiger charge is 2.22. The monoisotopic (exact) mass is 1220 g/mol. The maximum atomic E-state index is 13.1. The van der Waals surface area contributed by atoms with Gasteiger partial charge in [0.25, 0.3) is 0 Å². The molecular weight excluding hydrogens is 1190 g/mol. The van der Waals surface area contributed by atoms with Crippen LogP contribution in [0.4, 0.5) is 0 Å². The van der Waals surface area contributed by atoms with Crippen LogP contribution in [0.1, 0.15) is 20.7 Å². The average Bonchev–Trinajstić information content (AvgIpc) is 3.19. The molecule has 0 spiro atoms. The fraction of sp³-hybridized carbons (Fsp3) is 0.158. The van der Waals surface area contributed by atoms with Crippen molar-refractivity contribution < 1.29 is 66.7 Å². The van der Waals surface area contributed by atoms with E-state index in [0.29, 0.717) is 25.8 Å². The van der Waals surface area contributed by atoms with E-state index >= 15 is 0 Å². The van der Waals surface area contributed by atoms with Gasteiger partial charge in [0.05, 0.1) is 25.4 Å². The maximum absolute atomic E-state index is 13.1. The molecule has 14 nitrogen and oxygen atoms in total. The van der Waals surface area contributed by atoms with Crippen molar-refractivity contribution in [2.45, 2.75) is 12.2 Å². The zero-order chi connectivity index (χ0) is 41.4. The van der Waals surface area contributed by atoms with Gasteiger partial charge in [-0.1, -0.05) is 26.3 Å². The number of carbonyl (C=O) groups excluding carboxylic acids is 6. The molecule has 2 atom stereocenters. The van der Waals surface area contributed by atoms with Gasteiger partial charge >= 0.3 is 35.8 Å². The van der Waals surface area contributed by atoms with Crippen molar-refractivity contribution in [2.75, 3.05) is 26.4 Å². The van der Waals surface area contributed by atoms with Crippen LogP contribution in [-0.4, -0.2) is 74.5 Å². The van der Waals surface area contributed by atoms with Gasteiger partial charge in [0.2, 0.25) is 0 Å². The highest BCUT2D eigenvalue weighted by molar-refractivity contribution is 14.1. The summed E-state index contributed by atoms with van der Waals surface area (Å²) in [6, 6.07) is 12.2. The normalized spacial score (nSPS) is 11.4. The molecule has 0 aliphatic rings. The molecule has 3 rings (SSSR count). The highest BCUT2D eigenvalue weighted by Crippen LogP contribution is 2.34. The number of ether oxygens (including phenoxy) is 8. The van der Waals surface area contributed by atoms with Crippen molar-refractivity contribution >= 4 is 126 Å². The van der Waals surface area contributed by atoms with Gasteiger partial charge < -0.3 is 37.9 Å². The molecule has 0 radical (unpaired) electrons. The highest BCUT2D eigenvalue weighted by atomic mass is 127. The minimum Gasteiger partial charge on any atom is -0.488 e. The summed E-state index contributed by atoms with van der Waals surface area (Å²) in [5.41, 5.74) is 0.424. The van der Waals surface area contributed by atoms with Gasteiger partial charge in [-0.05, 0) is 139 Å². The van der Waals surface area contributed by atoms with Crippen molar-refractivity contribution in [3.05, 3.63) is 125 Å². The molecule has 18 heteroatoms. The van der Waals surface area contributed by atoms with Gasteiger partial charge in [-0.25, -0.2) is 28.8 Å². The molecule has 3 aromatic rings. The summed E-state index contributed by atoms with van der Waals surface area (Å²) in [5.74, 6) is -2.99. The van der Waals surface area contributed by atoms with Crippen LogP contribution in [0.2, 0.25) is 0 Å². The van der Waals surface area contributed by atoms with E-state index in [1.54, 1.807) is 24.3 Å². The second kappa shape index (κ2) is 23.3. The Labute approximate surface area is 375 Å². The topological polar surface area (TPSA) is 176 Å². The molecule has 56 heavy (non-hydrogen) atoms. The number of carbonyl (C=O) groups is 6. The van der Waals surface area contributed by atoms with Crippen molar-refractivity contribution in [3.63, 3.8) is 0 Å². The Balaban J connectivity index is 1.64. The summed E-state index contributed by atoms with van der Waals surface area (Å²) in [7, 11) is 0. The van der Waals surface area contributed by atoms with Gasteiger partial charge in [0, 0.05) is 24.3 Å². The van der Waals surface area contributed by atoms with E-state index in [9.17, 15) is 28.8 Å². The van der Waals surface area contributed by atoms with Crippen LogP contribution >= 0.6 is 90.4 Å². The Kier molecular flexibility index (Phi) is 19.2. The third-order valence-electron chi connectivity index (χ3n) is 6.66. The van der Waals surface area contributed by atoms with Gasteiger partial charge in [-0.3, -0.25) is 0 Å². The first-order chi connectivity index (χ1) is 26.7. The minimum atomic E-state index is -0.938. The zero-order valence-electron chi connectivity index (χ0n) is 29.0. The van der Waals surface area contributed by atoms with E-state index in [1.807, 2.05) is 90.4 Å². The summed E-state index contributed by atoms with van der Waals surface area (Å²) in [5, 5.41) is 0. The lowest BCUT2D eigenvalue weighted by Gasteiger charge is -2.18. The van der Waals surface area contributed by atoms with E-state index in [4.69, 9.17) is 37.9 Å². The maximum Gasteiger partial charge on any atom is 0.343 e. The fourth-order valence-corrected chi connectivity index (χ4v) is 6.42. The van der Waals surface area contributed by atoms with Gasteiger partial charge in [0.15, 0.2) is 12.2 Å². The average molecular weight is 1220 g/mol. The van der Waals surface area contributed by atoms with Crippen molar-refractivity contribution in [2.24, 2.45) is 0 Å². The van der Waals surface area contributed by atoms with Crippen LogP contribution in [0.3, 0.4) is 0 Å². The third kappa shape index (κ3) is 14.5. The lowest BCUT2D eigenvalue weighted by atomic mass is 10.2. The zero-order valence-corrected chi connectivity index (χ0v) is 37.6. The Hall–Kier alpha value is -4.04. The molecule has 0 heterocycles. The van der Waals surface area contributed by atoms with Crippen LogP contribution in [-0.2, 0) is 38.1 Å². The molecule has 0 N–H and O–H groups in total. The van der Waals surface area contributed by atoms with Crippen LogP contribution in [0.25, 0.3) is 0 Å². The number of hydrogen-bond acceptors (Lipinski definition) is 14. The van der Waals surface area contributed by atoms with Crippen molar-refractivity contribution in [1.82, 2.24) is 0 Å². The van der Waals surface area contributed by atoms with E-state index < -0.39 is 48.0 Å². The smallest absolute Gasteiger partial charge is 0.343 e. The molecule has 0 aromatic heterocycles. The number of esters is 6. The first kappa shape index (κ1) is 46.3. The Morgan fingerprint density at radius 2 is 0.839 bits per heavy atom. The Morgan fingerprint density at radius 1 is 0.500 bits per heavy atom. The predicted octanol–water partition coefficient (Wildman–Crippen LogP) is 6.96.